The number of nitrogens with one attached hydrogen (secondary N) is 1. The number of hydrogen-bond acceptors (Lipinski definition) is 3. The SMILES string of the molecule is CC(C)C(C)(CC(=O)O)NC(=O)CCCOc1ccc(F)cc1F. The number of carboxylic acid groups (broad SMARTS) is 1. The summed E-state index contributed by atoms with van der Waals surface area (Å²) >= 11 is 0. The molecule has 0 saturated carbocycles. The molecule has 0 heterocycles. The molecular formula is C17H23F2NO4. The summed E-state index contributed by atoms with van der Waals surface area (Å²) < 4.78 is 31.3. The fourth-order valence-corrected chi connectivity index (χ4v) is 2.09. The third-order valence-electron chi connectivity index (χ3n) is 3.92. The molecule has 134 valence electrons. The van der Waals surface area contributed by atoms with Crippen LogP contribution in [0.1, 0.15) is 40.0 Å². The van der Waals surface area contributed by atoms with Crippen LogP contribution in [-0.2, 0) is 9.59 Å². The standard InChI is InChI=1S/C17H23F2NO4/c1-11(2)17(3,10-16(22)23)20-15(21)5-4-8-24-14-7-6-12(18)9-13(14)19/h6-7,9,11H,4-5,8,10H2,1-3H3,(H,20,21)(H,22,23). The Hall–Kier alpha value is -2.18. The fraction of sp³-hybridized carbons (Fsp3) is 0.529. The summed E-state index contributed by atoms with van der Waals surface area (Å²) in [5.41, 5.74) is -0.840. The van der Waals surface area contributed by atoms with Crippen molar-refractivity contribution >= 4 is 11.9 Å². The summed E-state index contributed by atoms with van der Waals surface area (Å²) in [4.78, 5) is 22.9. The van der Waals surface area contributed by atoms with Gasteiger partial charge in [0.25, 0.3) is 0 Å². The summed E-state index contributed by atoms with van der Waals surface area (Å²) in [6.45, 7) is 5.45. The van der Waals surface area contributed by atoms with Crippen molar-refractivity contribution < 1.29 is 28.2 Å². The van der Waals surface area contributed by atoms with Crippen LogP contribution in [-0.4, -0.2) is 29.1 Å². The molecule has 0 aliphatic rings. The van der Waals surface area contributed by atoms with Gasteiger partial charge in [-0.15, -0.1) is 0 Å². The van der Waals surface area contributed by atoms with Crippen LogP contribution in [0.2, 0.25) is 0 Å². The molecule has 1 rings (SSSR count). The van der Waals surface area contributed by atoms with Crippen molar-refractivity contribution in [1.29, 1.82) is 0 Å². The molecule has 5 nitrogen and oxygen atoms in total. The van der Waals surface area contributed by atoms with Crippen LogP contribution in [0.25, 0.3) is 0 Å². The molecule has 0 aliphatic carbocycles. The van der Waals surface area contributed by atoms with E-state index >= 15 is 0 Å². The predicted octanol–water partition coefficient (Wildman–Crippen LogP) is 3.13. The molecule has 0 aliphatic heterocycles. The van der Waals surface area contributed by atoms with Crippen LogP contribution in [0, 0.1) is 17.6 Å². The minimum absolute atomic E-state index is 0.0536. The lowest BCUT2D eigenvalue weighted by atomic mass is 9.85. The van der Waals surface area contributed by atoms with Crippen molar-refractivity contribution in [2.24, 2.45) is 5.92 Å². The number of hydrogen-bond donors (Lipinski definition) is 2. The molecule has 1 aromatic carbocycles. The molecular weight excluding hydrogens is 320 g/mol. The molecule has 1 aromatic rings. The average Bonchev–Trinajstić information content (AvgIpc) is 2.44. The Balaban J connectivity index is 2.44. The van der Waals surface area contributed by atoms with E-state index in [0.717, 1.165) is 12.1 Å². The summed E-state index contributed by atoms with van der Waals surface area (Å²) in [6.07, 6.45) is 0.266. The van der Waals surface area contributed by atoms with E-state index in [4.69, 9.17) is 9.84 Å². The maximum absolute atomic E-state index is 13.4. The normalized spacial score (nSPS) is 13.4. The van der Waals surface area contributed by atoms with Crippen molar-refractivity contribution in [3.63, 3.8) is 0 Å². The molecule has 0 fully saturated rings. The number of rotatable bonds is 9. The second kappa shape index (κ2) is 8.61. The second-order valence-corrected chi connectivity index (χ2v) is 6.22. The van der Waals surface area contributed by atoms with Gasteiger partial charge in [0.2, 0.25) is 5.91 Å². The van der Waals surface area contributed by atoms with Crippen LogP contribution in [0.4, 0.5) is 8.78 Å². The first-order chi connectivity index (χ1) is 11.1. The van der Waals surface area contributed by atoms with Gasteiger partial charge in [-0.05, 0) is 31.4 Å². The number of carboxylic acids is 1. The van der Waals surface area contributed by atoms with E-state index < -0.39 is 23.1 Å². The quantitative estimate of drug-likeness (QED) is 0.676. The van der Waals surface area contributed by atoms with E-state index in [9.17, 15) is 18.4 Å². The summed E-state index contributed by atoms with van der Waals surface area (Å²) in [7, 11) is 0. The predicted molar refractivity (Wildman–Crippen MR) is 84.7 cm³/mol. The van der Waals surface area contributed by atoms with Crippen molar-refractivity contribution in [3.05, 3.63) is 29.8 Å². The first-order valence-electron chi connectivity index (χ1n) is 7.74. The number of halogens is 2. The van der Waals surface area contributed by atoms with Crippen LogP contribution in [0.5, 0.6) is 5.75 Å². The van der Waals surface area contributed by atoms with Gasteiger partial charge < -0.3 is 15.2 Å². The zero-order chi connectivity index (χ0) is 18.3. The van der Waals surface area contributed by atoms with Gasteiger partial charge in [0, 0.05) is 18.0 Å². The molecule has 0 aromatic heterocycles. The lowest BCUT2D eigenvalue weighted by Crippen LogP contribution is -2.51. The molecule has 1 amide bonds. The zero-order valence-corrected chi connectivity index (χ0v) is 14.1. The van der Waals surface area contributed by atoms with Crippen LogP contribution < -0.4 is 10.1 Å². The van der Waals surface area contributed by atoms with Gasteiger partial charge in [0.1, 0.15) is 5.82 Å². The largest absolute Gasteiger partial charge is 0.491 e. The Morgan fingerprint density at radius 2 is 2.00 bits per heavy atom. The maximum atomic E-state index is 13.4. The molecule has 0 saturated heterocycles. The number of benzene rings is 1. The highest BCUT2D eigenvalue weighted by atomic mass is 19.1. The Bertz CT molecular complexity index is 592. The average molecular weight is 343 g/mol. The Morgan fingerprint density at radius 1 is 1.33 bits per heavy atom. The number of ether oxygens (including phenoxy) is 1. The van der Waals surface area contributed by atoms with E-state index in [-0.39, 0.29) is 37.0 Å². The number of amides is 1. The van der Waals surface area contributed by atoms with E-state index in [0.29, 0.717) is 6.42 Å². The van der Waals surface area contributed by atoms with Gasteiger partial charge in [-0.3, -0.25) is 9.59 Å². The zero-order valence-electron chi connectivity index (χ0n) is 14.1. The Kier molecular flexibility index (Phi) is 7.13. The highest BCUT2D eigenvalue weighted by Crippen LogP contribution is 2.21. The molecule has 1 unspecified atom stereocenters. The minimum atomic E-state index is -0.985. The van der Waals surface area contributed by atoms with Crippen LogP contribution >= 0.6 is 0 Å². The highest BCUT2D eigenvalue weighted by molar-refractivity contribution is 5.78. The van der Waals surface area contributed by atoms with Gasteiger partial charge >= 0.3 is 5.97 Å². The first kappa shape index (κ1) is 19.9. The molecule has 0 bridgehead atoms. The van der Waals surface area contributed by atoms with Crippen molar-refractivity contribution in [3.8, 4) is 5.75 Å². The monoisotopic (exact) mass is 343 g/mol. The van der Waals surface area contributed by atoms with E-state index in [1.165, 1.54) is 6.07 Å². The third-order valence-corrected chi connectivity index (χ3v) is 3.92. The van der Waals surface area contributed by atoms with Crippen molar-refractivity contribution in [2.45, 2.75) is 45.6 Å². The number of carbonyl (C=O) groups excluding carboxylic acids is 1. The van der Waals surface area contributed by atoms with Crippen LogP contribution in [0.15, 0.2) is 18.2 Å². The first-order valence-corrected chi connectivity index (χ1v) is 7.74. The topological polar surface area (TPSA) is 75.6 Å². The van der Waals surface area contributed by atoms with Gasteiger partial charge in [-0.2, -0.15) is 0 Å². The van der Waals surface area contributed by atoms with E-state index in [2.05, 4.69) is 5.32 Å². The molecule has 0 radical (unpaired) electrons. The van der Waals surface area contributed by atoms with Crippen molar-refractivity contribution in [2.75, 3.05) is 6.61 Å². The van der Waals surface area contributed by atoms with Gasteiger partial charge in [-0.25, -0.2) is 8.78 Å². The van der Waals surface area contributed by atoms with E-state index in [1.54, 1.807) is 6.92 Å². The van der Waals surface area contributed by atoms with Gasteiger partial charge in [0.05, 0.1) is 13.0 Å². The summed E-state index contributed by atoms with van der Waals surface area (Å²) in [5, 5.41) is 11.7. The Morgan fingerprint density at radius 3 is 2.54 bits per heavy atom. The molecule has 1 atom stereocenters. The van der Waals surface area contributed by atoms with Gasteiger partial charge in [-0.1, -0.05) is 13.8 Å². The lowest BCUT2D eigenvalue weighted by Gasteiger charge is -2.33. The lowest BCUT2D eigenvalue weighted by molar-refractivity contribution is -0.139. The van der Waals surface area contributed by atoms with Gasteiger partial charge in [0.15, 0.2) is 11.6 Å². The van der Waals surface area contributed by atoms with Crippen molar-refractivity contribution in [1.82, 2.24) is 5.32 Å². The maximum Gasteiger partial charge on any atom is 0.305 e. The molecule has 7 heteroatoms. The van der Waals surface area contributed by atoms with E-state index in [1.807, 2.05) is 13.8 Å². The second-order valence-electron chi connectivity index (χ2n) is 6.22. The molecule has 0 spiro atoms. The summed E-state index contributed by atoms with van der Waals surface area (Å²) in [5.74, 6) is -2.90. The smallest absolute Gasteiger partial charge is 0.305 e. The number of aliphatic carboxylic acids is 1. The minimum Gasteiger partial charge on any atom is -0.491 e. The third kappa shape index (κ3) is 6.14. The molecule has 2 N–H and O–H groups in total. The highest BCUT2D eigenvalue weighted by Gasteiger charge is 2.32. The fourth-order valence-electron chi connectivity index (χ4n) is 2.09. The van der Waals surface area contributed by atoms with Crippen LogP contribution in [0.3, 0.4) is 0 Å². The Labute approximate surface area is 140 Å². The summed E-state index contributed by atoms with van der Waals surface area (Å²) in [6, 6.07) is 3.00. The molecule has 24 heavy (non-hydrogen) atoms. The number of carbonyl (C=O) groups is 2.